The Morgan fingerprint density at radius 3 is 2.47 bits per heavy atom. The largest absolute Gasteiger partial charge is 0.493 e. The molecule has 2 aromatic rings. The maximum Gasteiger partial charge on any atom is 0.387 e. The van der Waals surface area contributed by atoms with E-state index < -0.39 is 48.2 Å². The van der Waals surface area contributed by atoms with Gasteiger partial charge in [0.2, 0.25) is 0 Å². The number of ether oxygens (including phenoxy) is 3. The van der Waals surface area contributed by atoms with Crippen LogP contribution in [-0.4, -0.2) is 32.2 Å². The first kappa shape index (κ1) is 22.7. The van der Waals surface area contributed by atoms with Crippen molar-refractivity contribution >= 4 is 23.6 Å². The maximum absolute atomic E-state index is 13.5. The number of benzene rings is 2. The molecular formula is C19H14F5NO5. The second-order valence-electron chi connectivity index (χ2n) is 5.50. The van der Waals surface area contributed by atoms with Crippen molar-refractivity contribution in [1.29, 1.82) is 0 Å². The highest BCUT2D eigenvalue weighted by Gasteiger charge is 2.16. The maximum atomic E-state index is 13.5. The predicted octanol–water partition coefficient (Wildman–Crippen LogP) is 3.91. The molecule has 0 radical (unpaired) electrons. The number of rotatable bonds is 8. The summed E-state index contributed by atoms with van der Waals surface area (Å²) in [5.74, 6) is -6.92. The molecule has 0 fully saturated rings. The van der Waals surface area contributed by atoms with Gasteiger partial charge in [0.25, 0.3) is 5.91 Å². The molecule has 160 valence electrons. The van der Waals surface area contributed by atoms with Crippen molar-refractivity contribution in [2.75, 3.05) is 19.0 Å². The molecule has 0 spiro atoms. The zero-order valence-electron chi connectivity index (χ0n) is 15.3. The van der Waals surface area contributed by atoms with Gasteiger partial charge in [-0.1, -0.05) is 6.07 Å². The van der Waals surface area contributed by atoms with Gasteiger partial charge in [0.15, 0.2) is 35.6 Å². The van der Waals surface area contributed by atoms with E-state index in [2.05, 4.69) is 9.47 Å². The van der Waals surface area contributed by atoms with Gasteiger partial charge >= 0.3 is 12.6 Å². The number of methoxy groups -OCH3 is 1. The summed E-state index contributed by atoms with van der Waals surface area (Å²) in [6.07, 6.45) is 2.19. The third kappa shape index (κ3) is 6.19. The molecule has 0 atom stereocenters. The van der Waals surface area contributed by atoms with Crippen LogP contribution in [-0.2, 0) is 14.3 Å². The average molecular weight is 431 g/mol. The predicted molar refractivity (Wildman–Crippen MR) is 94.6 cm³/mol. The zero-order chi connectivity index (χ0) is 22.3. The van der Waals surface area contributed by atoms with Crippen molar-refractivity contribution in [3.05, 3.63) is 59.4 Å². The van der Waals surface area contributed by atoms with E-state index in [4.69, 9.17) is 4.74 Å². The number of anilines is 1. The minimum absolute atomic E-state index is 0.00116. The van der Waals surface area contributed by atoms with Crippen molar-refractivity contribution in [3.8, 4) is 11.5 Å². The van der Waals surface area contributed by atoms with Crippen molar-refractivity contribution in [3.63, 3.8) is 0 Å². The van der Waals surface area contributed by atoms with Crippen LogP contribution in [0.1, 0.15) is 5.56 Å². The molecule has 0 aliphatic carbocycles. The Balaban J connectivity index is 1.92. The Labute approximate surface area is 166 Å². The number of carbonyl (C=O) groups is 2. The van der Waals surface area contributed by atoms with Crippen molar-refractivity contribution in [2.45, 2.75) is 6.61 Å². The van der Waals surface area contributed by atoms with E-state index in [1.165, 1.54) is 31.4 Å². The lowest BCUT2D eigenvalue weighted by molar-refractivity contribution is -0.142. The highest BCUT2D eigenvalue weighted by atomic mass is 19.3. The second kappa shape index (κ2) is 10.2. The second-order valence-corrected chi connectivity index (χ2v) is 5.50. The molecule has 0 aromatic heterocycles. The molecule has 0 aliphatic rings. The van der Waals surface area contributed by atoms with Gasteiger partial charge in [-0.3, -0.25) is 4.79 Å². The first-order valence-electron chi connectivity index (χ1n) is 8.12. The normalized spacial score (nSPS) is 10.9. The average Bonchev–Trinajstić information content (AvgIpc) is 2.71. The van der Waals surface area contributed by atoms with Crippen LogP contribution >= 0.6 is 0 Å². The SMILES string of the molecule is COc1cc(/C=C/C(=O)OCC(=O)Nc2ccc(F)c(F)c2F)ccc1OC(F)F. The van der Waals surface area contributed by atoms with Crippen LogP contribution in [0.25, 0.3) is 6.08 Å². The topological polar surface area (TPSA) is 73.9 Å². The first-order chi connectivity index (χ1) is 14.2. The van der Waals surface area contributed by atoms with E-state index in [0.717, 1.165) is 12.1 Å². The summed E-state index contributed by atoms with van der Waals surface area (Å²) in [7, 11) is 1.24. The minimum Gasteiger partial charge on any atom is -0.493 e. The number of amides is 1. The summed E-state index contributed by atoms with van der Waals surface area (Å²) in [6, 6.07) is 5.32. The van der Waals surface area contributed by atoms with Gasteiger partial charge in [-0.2, -0.15) is 8.78 Å². The number of nitrogens with one attached hydrogen (secondary N) is 1. The van der Waals surface area contributed by atoms with Crippen LogP contribution in [0.3, 0.4) is 0 Å². The van der Waals surface area contributed by atoms with Crippen LogP contribution in [0, 0.1) is 17.5 Å². The van der Waals surface area contributed by atoms with E-state index in [0.29, 0.717) is 11.6 Å². The summed E-state index contributed by atoms with van der Waals surface area (Å²) in [4.78, 5) is 23.3. The summed E-state index contributed by atoms with van der Waals surface area (Å²) < 4.78 is 77.8. The quantitative estimate of drug-likeness (QED) is 0.297. The Morgan fingerprint density at radius 1 is 1.07 bits per heavy atom. The number of hydrogen-bond donors (Lipinski definition) is 1. The first-order valence-corrected chi connectivity index (χ1v) is 8.12. The number of esters is 1. The number of hydrogen-bond acceptors (Lipinski definition) is 5. The fraction of sp³-hybridized carbons (Fsp3) is 0.158. The van der Waals surface area contributed by atoms with Gasteiger partial charge in [-0.15, -0.1) is 0 Å². The number of alkyl halides is 2. The summed E-state index contributed by atoms with van der Waals surface area (Å²) in [6.45, 7) is -3.87. The molecule has 1 amide bonds. The Kier molecular flexibility index (Phi) is 7.73. The Morgan fingerprint density at radius 2 is 1.80 bits per heavy atom. The molecule has 0 saturated heterocycles. The van der Waals surface area contributed by atoms with Crippen LogP contribution < -0.4 is 14.8 Å². The smallest absolute Gasteiger partial charge is 0.387 e. The molecule has 30 heavy (non-hydrogen) atoms. The van der Waals surface area contributed by atoms with E-state index in [9.17, 15) is 31.5 Å². The summed E-state index contributed by atoms with van der Waals surface area (Å²) in [5.41, 5.74) is -0.248. The molecule has 2 rings (SSSR count). The standard InChI is InChI=1S/C19H14F5NO5/c1-28-14-8-10(2-6-13(14)30-19(23)24)3-7-16(27)29-9-15(26)25-12-5-4-11(20)17(21)18(12)22/h2-8,19H,9H2,1H3,(H,25,26)/b7-3+. The lowest BCUT2D eigenvalue weighted by Crippen LogP contribution is -2.21. The van der Waals surface area contributed by atoms with E-state index in [-0.39, 0.29) is 11.5 Å². The van der Waals surface area contributed by atoms with E-state index >= 15 is 0 Å². The Hall–Kier alpha value is -3.63. The summed E-state index contributed by atoms with van der Waals surface area (Å²) in [5, 5.41) is 1.93. The van der Waals surface area contributed by atoms with Gasteiger partial charge in [0.05, 0.1) is 12.8 Å². The third-order valence-electron chi connectivity index (χ3n) is 3.47. The van der Waals surface area contributed by atoms with Crippen LogP contribution in [0.2, 0.25) is 0 Å². The highest BCUT2D eigenvalue weighted by molar-refractivity contribution is 5.94. The molecule has 0 unspecified atom stereocenters. The van der Waals surface area contributed by atoms with Gasteiger partial charge in [0, 0.05) is 6.08 Å². The third-order valence-corrected chi connectivity index (χ3v) is 3.47. The van der Waals surface area contributed by atoms with Gasteiger partial charge in [-0.05, 0) is 35.9 Å². The van der Waals surface area contributed by atoms with Gasteiger partial charge in [0.1, 0.15) is 0 Å². The number of carbonyl (C=O) groups excluding carboxylic acids is 2. The zero-order valence-corrected chi connectivity index (χ0v) is 15.3. The van der Waals surface area contributed by atoms with Gasteiger partial charge in [-0.25, -0.2) is 18.0 Å². The highest BCUT2D eigenvalue weighted by Crippen LogP contribution is 2.29. The van der Waals surface area contributed by atoms with Crippen LogP contribution in [0.4, 0.5) is 27.6 Å². The molecule has 6 nitrogen and oxygen atoms in total. The lowest BCUT2D eigenvalue weighted by Gasteiger charge is -2.10. The molecule has 1 N–H and O–H groups in total. The van der Waals surface area contributed by atoms with Crippen LogP contribution in [0.5, 0.6) is 11.5 Å². The molecule has 0 bridgehead atoms. The molecular weight excluding hydrogens is 417 g/mol. The monoisotopic (exact) mass is 431 g/mol. The van der Waals surface area contributed by atoms with Crippen LogP contribution in [0.15, 0.2) is 36.4 Å². The minimum atomic E-state index is -3.04. The van der Waals surface area contributed by atoms with E-state index in [1.54, 1.807) is 0 Å². The molecule has 2 aromatic carbocycles. The Bertz CT molecular complexity index is 965. The lowest BCUT2D eigenvalue weighted by atomic mass is 10.2. The summed E-state index contributed by atoms with van der Waals surface area (Å²) >= 11 is 0. The molecule has 0 heterocycles. The van der Waals surface area contributed by atoms with Gasteiger partial charge < -0.3 is 19.5 Å². The fourth-order valence-corrected chi connectivity index (χ4v) is 2.14. The fourth-order valence-electron chi connectivity index (χ4n) is 2.14. The van der Waals surface area contributed by atoms with Crippen molar-refractivity contribution < 1.29 is 45.8 Å². The number of halogens is 5. The molecule has 0 aliphatic heterocycles. The molecule has 0 saturated carbocycles. The van der Waals surface area contributed by atoms with Crippen molar-refractivity contribution in [2.24, 2.45) is 0 Å². The molecule has 11 heteroatoms. The van der Waals surface area contributed by atoms with E-state index in [1.807, 2.05) is 5.32 Å². The van der Waals surface area contributed by atoms with Crippen molar-refractivity contribution in [1.82, 2.24) is 0 Å².